The zero-order valence-corrected chi connectivity index (χ0v) is 30.7. The molecule has 0 aliphatic rings. The number of phosphoric ester groups is 1. The normalized spacial score (nSPS) is 14.4. The van der Waals surface area contributed by atoms with Crippen LogP contribution in [0.3, 0.4) is 0 Å². The van der Waals surface area contributed by atoms with Crippen molar-refractivity contribution in [3.05, 3.63) is 24.3 Å². The zero-order chi connectivity index (χ0) is 33.5. The molecular weight excluding hydrogens is 589 g/mol. The third kappa shape index (κ3) is 34.1. The average Bonchev–Trinajstić information content (AvgIpc) is 2.98. The Morgan fingerprint density at radius 1 is 0.689 bits per heavy atom. The number of likely N-dealkylation sites (N-methyl/N-ethyl adjacent to an activating group) is 1. The van der Waals surface area contributed by atoms with Crippen molar-refractivity contribution in [2.75, 3.05) is 54.1 Å². The van der Waals surface area contributed by atoms with Gasteiger partial charge in [-0.3, -0.25) is 9.36 Å². The third-order valence-electron chi connectivity index (χ3n) is 7.49. The Hall–Kier alpha value is -1.02. The SMILES string of the molecule is CCC/C=C\C/C=C\CCCCCCCC(=O)OC(COCCCCCCCCCCCC)COP(=O)([O-])OCC[N+](C)(C)C. The van der Waals surface area contributed by atoms with Crippen LogP contribution in [0.2, 0.25) is 0 Å². The summed E-state index contributed by atoms with van der Waals surface area (Å²) in [6.07, 6.45) is 30.4. The van der Waals surface area contributed by atoms with Gasteiger partial charge in [-0.15, -0.1) is 0 Å². The van der Waals surface area contributed by atoms with Crippen LogP contribution in [-0.2, 0) is 27.9 Å². The first-order chi connectivity index (χ1) is 21.6. The van der Waals surface area contributed by atoms with Gasteiger partial charge in [-0.05, 0) is 38.5 Å². The lowest BCUT2D eigenvalue weighted by molar-refractivity contribution is -0.870. The maximum absolute atomic E-state index is 12.6. The molecule has 2 unspecified atom stereocenters. The number of esters is 1. The summed E-state index contributed by atoms with van der Waals surface area (Å²) in [7, 11) is 1.35. The minimum absolute atomic E-state index is 0.0245. The van der Waals surface area contributed by atoms with Crippen molar-refractivity contribution in [3.63, 3.8) is 0 Å². The molecule has 0 amide bonds. The molecule has 0 saturated carbocycles. The fraction of sp³-hybridized carbons (Fsp3) is 0.861. The van der Waals surface area contributed by atoms with E-state index in [1.165, 1.54) is 57.8 Å². The molecule has 45 heavy (non-hydrogen) atoms. The summed E-state index contributed by atoms with van der Waals surface area (Å²) in [4.78, 5) is 24.8. The first-order valence-corrected chi connectivity index (χ1v) is 19.5. The highest BCUT2D eigenvalue weighted by molar-refractivity contribution is 7.45. The number of hydrogen-bond acceptors (Lipinski definition) is 7. The molecule has 0 heterocycles. The van der Waals surface area contributed by atoms with Crippen molar-refractivity contribution in [2.24, 2.45) is 0 Å². The van der Waals surface area contributed by atoms with Crippen LogP contribution in [0.25, 0.3) is 0 Å². The van der Waals surface area contributed by atoms with Crippen molar-refractivity contribution in [1.29, 1.82) is 0 Å². The summed E-state index contributed by atoms with van der Waals surface area (Å²) in [6, 6.07) is 0. The van der Waals surface area contributed by atoms with Gasteiger partial charge < -0.3 is 27.9 Å². The van der Waals surface area contributed by atoms with Gasteiger partial charge in [0.1, 0.15) is 19.3 Å². The van der Waals surface area contributed by atoms with Crippen LogP contribution < -0.4 is 4.89 Å². The summed E-state index contributed by atoms with van der Waals surface area (Å²) < 4.78 is 34.3. The fourth-order valence-corrected chi connectivity index (χ4v) is 5.37. The van der Waals surface area contributed by atoms with E-state index in [4.69, 9.17) is 18.5 Å². The van der Waals surface area contributed by atoms with Crippen LogP contribution in [-0.4, -0.2) is 70.7 Å². The van der Waals surface area contributed by atoms with Gasteiger partial charge in [0, 0.05) is 13.0 Å². The molecule has 0 rings (SSSR count). The molecule has 0 spiro atoms. The number of ether oxygens (including phenoxy) is 2. The minimum atomic E-state index is -4.51. The Morgan fingerprint density at radius 3 is 1.89 bits per heavy atom. The van der Waals surface area contributed by atoms with Gasteiger partial charge in [-0.25, -0.2) is 0 Å². The first kappa shape index (κ1) is 44.0. The number of allylic oxidation sites excluding steroid dienone is 4. The van der Waals surface area contributed by atoms with Crippen LogP contribution in [0, 0.1) is 0 Å². The Morgan fingerprint density at radius 2 is 1.27 bits per heavy atom. The molecule has 0 aromatic rings. The number of quaternary nitrogens is 1. The molecule has 0 fully saturated rings. The molecule has 0 saturated heterocycles. The molecular formula is C36H70NO7P. The molecule has 2 atom stereocenters. The van der Waals surface area contributed by atoms with Gasteiger partial charge in [0.25, 0.3) is 7.82 Å². The highest BCUT2D eigenvalue weighted by Gasteiger charge is 2.20. The van der Waals surface area contributed by atoms with Gasteiger partial charge >= 0.3 is 5.97 Å². The van der Waals surface area contributed by atoms with E-state index in [0.29, 0.717) is 24.1 Å². The lowest BCUT2D eigenvalue weighted by Gasteiger charge is -2.28. The molecule has 0 N–H and O–H groups in total. The van der Waals surface area contributed by atoms with Crippen LogP contribution in [0.1, 0.15) is 142 Å². The molecule has 0 bridgehead atoms. The van der Waals surface area contributed by atoms with Crippen LogP contribution >= 0.6 is 7.82 Å². The number of rotatable bonds is 33. The van der Waals surface area contributed by atoms with E-state index in [-0.39, 0.29) is 25.8 Å². The van der Waals surface area contributed by atoms with E-state index in [1.807, 2.05) is 21.1 Å². The monoisotopic (exact) mass is 659 g/mol. The van der Waals surface area contributed by atoms with E-state index in [2.05, 4.69) is 38.2 Å². The fourth-order valence-electron chi connectivity index (χ4n) is 4.64. The van der Waals surface area contributed by atoms with Crippen LogP contribution in [0.5, 0.6) is 0 Å². The molecule has 266 valence electrons. The second-order valence-electron chi connectivity index (χ2n) is 13.2. The lowest BCUT2D eigenvalue weighted by atomic mass is 10.1. The van der Waals surface area contributed by atoms with Gasteiger partial charge in [0.15, 0.2) is 0 Å². The number of hydrogen-bond donors (Lipinski definition) is 0. The van der Waals surface area contributed by atoms with Crippen molar-refractivity contribution >= 4 is 13.8 Å². The molecule has 8 nitrogen and oxygen atoms in total. The Kier molecular flexibility index (Phi) is 29.6. The highest BCUT2D eigenvalue weighted by Crippen LogP contribution is 2.38. The smallest absolute Gasteiger partial charge is 0.306 e. The third-order valence-corrected chi connectivity index (χ3v) is 8.45. The summed E-state index contributed by atoms with van der Waals surface area (Å²) in [5.41, 5.74) is 0. The molecule has 0 aromatic heterocycles. The number of carbonyl (C=O) groups is 1. The Labute approximate surface area is 277 Å². The number of carbonyl (C=O) groups excluding carboxylic acids is 1. The topological polar surface area (TPSA) is 94.1 Å². The highest BCUT2D eigenvalue weighted by atomic mass is 31.2. The average molecular weight is 660 g/mol. The largest absolute Gasteiger partial charge is 0.756 e. The second kappa shape index (κ2) is 30.3. The first-order valence-electron chi connectivity index (χ1n) is 18.1. The standard InChI is InChI=1S/C36H70NO7P/c1-6-8-10-12-14-16-18-19-20-21-23-25-27-29-36(38)44-35(34-43-45(39,40)42-32-30-37(3,4)5)33-41-31-28-26-24-22-17-15-13-11-9-7-2/h10,12,16,18,35H,6-9,11,13-15,17,19-34H2,1-5H3/b12-10-,18-16-. The van der Waals surface area contributed by atoms with Crippen LogP contribution in [0.15, 0.2) is 24.3 Å². The van der Waals surface area contributed by atoms with Gasteiger partial charge in [-0.1, -0.05) is 122 Å². The second-order valence-corrected chi connectivity index (χ2v) is 14.6. The van der Waals surface area contributed by atoms with Crippen molar-refractivity contribution in [2.45, 2.75) is 148 Å². The van der Waals surface area contributed by atoms with Crippen molar-refractivity contribution < 1.29 is 37.3 Å². The Bertz CT molecular complexity index is 782. The predicted molar refractivity (Wildman–Crippen MR) is 185 cm³/mol. The maximum atomic E-state index is 12.6. The summed E-state index contributed by atoms with van der Waals surface area (Å²) in [5, 5.41) is 0. The van der Waals surface area contributed by atoms with E-state index < -0.39 is 13.9 Å². The van der Waals surface area contributed by atoms with E-state index in [0.717, 1.165) is 64.2 Å². The molecule has 0 radical (unpaired) electrons. The molecule has 0 aliphatic heterocycles. The molecule has 9 heteroatoms. The van der Waals surface area contributed by atoms with E-state index in [1.54, 1.807) is 0 Å². The number of nitrogens with zero attached hydrogens (tertiary/aromatic N) is 1. The number of unbranched alkanes of at least 4 members (excludes halogenated alkanes) is 15. The molecule has 0 aliphatic carbocycles. The maximum Gasteiger partial charge on any atom is 0.306 e. The Balaban J connectivity index is 4.35. The lowest BCUT2D eigenvalue weighted by Crippen LogP contribution is -2.37. The summed E-state index contributed by atoms with van der Waals surface area (Å²) in [6.45, 7) is 5.31. The van der Waals surface area contributed by atoms with Crippen LogP contribution in [0.4, 0.5) is 0 Å². The quantitative estimate of drug-likeness (QED) is 0.0228. The van der Waals surface area contributed by atoms with E-state index >= 15 is 0 Å². The summed E-state index contributed by atoms with van der Waals surface area (Å²) in [5.74, 6) is -0.350. The summed E-state index contributed by atoms with van der Waals surface area (Å²) >= 11 is 0. The zero-order valence-electron chi connectivity index (χ0n) is 29.8. The minimum Gasteiger partial charge on any atom is -0.756 e. The van der Waals surface area contributed by atoms with Gasteiger partial charge in [-0.2, -0.15) is 0 Å². The van der Waals surface area contributed by atoms with Gasteiger partial charge in [0.05, 0.1) is 34.4 Å². The van der Waals surface area contributed by atoms with Crippen molar-refractivity contribution in [3.8, 4) is 0 Å². The number of phosphoric acid groups is 1. The van der Waals surface area contributed by atoms with Crippen molar-refractivity contribution in [1.82, 2.24) is 0 Å². The molecule has 0 aromatic carbocycles. The predicted octanol–water partition coefficient (Wildman–Crippen LogP) is 9.08. The van der Waals surface area contributed by atoms with Gasteiger partial charge in [0.2, 0.25) is 0 Å². The van der Waals surface area contributed by atoms with E-state index in [9.17, 15) is 14.3 Å².